The molecule has 0 atom stereocenters. The van der Waals surface area contributed by atoms with Crippen LogP contribution in [0.5, 0.6) is 0 Å². The van der Waals surface area contributed by atoms with E-state index in [4.69, 9.17) is 0 Å². The molecule has 2 aromatic rings. The molecular formula is C19H26N2. The fraction of sp³-hybridized carbons (Fsp3) is 0.526. The van der Waals surface area contributed by atoms with Crippen LogP contribution in [0.1, 0.15) is 46.5 Å². The summed E-state index contributed by atoms with van der Waals surface area (Å²) in [7, 11) is 0. The zero-order valence-electron chi connectivity index (χ0n) is 13.4. The predicted molar refractivity (Wildman–Crippen MR) is 90.6 cm³/mol. The van der Waals surface area contributed by atoms with Gasteiger partial charge in [0.1, 0.15) is 0 Å². The normalized spacial score (nSPS) is 23.2. The smallest absolute Gasteiger partial charge is 0.0933 e. The highest BCUT2D eigenvalue weighted by atomic mass is 14.9. The number of para-hydroxylation sites is 1. The lowest BCUT2D eigenvalue weighted by molar-refractivity contribution is 0.173. The number of aromatic nitrogens is 1. The standard InChI is InChI=1S/C19H26N2/c1-19(2,3)15-9-11-16(12-10-15)21-17-8-4-6-14-7-5-13-20-18(14)17/h4-8,13,15-16,21H,9-12H2,1-3H3. The van der Waals surface area contributed by atoms with Gasteiger partial charge in [-0.2, -0.15) is 0 Å². The molecule has 1 N–H and O–H groups in total. The second kappa shape index (κ2) is 5.67. The van der Waals surface area contributed by atoms with Gasteiger partial charge in [0.2, 0.25) is 0 Å². The second-order valence-electron chi connectivity index (χ2n) is 7.44. The fourth-order valence-corrected chi connectivity index (χ4v) is 3.54. The second-order valence-corrected chi connectivity index (χ2v) is 7.44. The first-order valence-electron chi connectivity index (χ1n) is 8.14. The van der Waals surface area contributed by atoms with Gasteiger partial charge in [-0.05, 0) is 49.1 Å². The number of benzene rings is 1. The van der Waals surface area contributed by atoms with Gasteiger partial charge in [-0.1, -0.05) is 39.0 Å². The van der Waals surface area contributed by atoms with E-state index in [9.17, 15) is 0 Å². The number of hydrogen-bond donors (Lipinski definition) is 1. The maximum absolute atomic E-state index is 4.54. The van der Waals surface area contributed by atoms with Gasteiger partial charge in [0.05, 0.1) is 11.2 Å². The maximum atomic E-state index is 4.54. The molecule has 0 aliphatic heterocycles. The molecular weight excluding hydrogens is 256 g/mol. The molecule has 1 aromatic carbocycles. The number of nitrogens with one attached hydrogen (secondary N) is 1. The largest absolute Gasteiger partial charge is 0.381 e. The van der Waals surface area contributed by atoms with Gasteiger partial charge in [-0.3, -0.25) is 4.98 Å². The highest BCUT2D eigenvalue weighted by molar-refractivity contribution is 5.90. The van der Waals surface area contributed by atoms with E-state index in [2.05, 4.69) is 55.3 Å². The third-order valence-electron chi connectivity index (χ3n) is 4.94. The topological polar surface area (TPSA) is 24.9 Å². The van der Waals surface area contributed by atoms with Crippen LogP contribution in [0.15, 0.2) is 36.5 Å². The molecule has 0 unspecified atom stereocenters. The van der Waals surface area contributed by atoms with Crippen LogP contribution in [-0.2, 0) is 0 Å². The molecule has 3 rings (SSSR count). The van der Waals surface area contributed by atoms with Crippen LogP contribution in [0.4, 0.5) is 5.69 Å². The summed E-state index contributed by atoms with van der Waals surface area (Å²) in [5.74, 6) is 0.862. The Morgan fingerprint density at radius 2 is 1.71 bits per heavy atom. The summed E-state index contributed by atoms with van der Waals surface area (Å²) in [5, 5.41) is 4.95. The van der Waals surface area contributed by atoms with Crippen molar-refractivity contribution in [1.29, 1.82) is 0 Å². The van der Waals surface area contributed by atoms with Crippen molar-refractivity contribution in [1.82, 2.24) is 4.98 Å². The van der Waals surface area contributed by atoms with Crippen molar-refractivity contribution in [3.8, 4) is 0 Å². The number of anilines is 1. The van der Waals surface area contributed by atoms with Gasteiger partial charge >= 0.3 is 0 Å². The van der Waals surface area contributed by atoms with Crippen molar-refractivity contribution < 1.29 is 0 Å². The molecule has 2 heteroatoms. The van der Waals surface area contributed by atoms with E-state index < -0.39 is 0 Å². The Hall–Kier alpha value is -1.57. The molecule has 1 aliphatic rings. The van der Waals surface area contributed by atoms with Gasteiger partial charge in [0, 0.05) is 17.6 Å². The summed E-state index contributed by atoms with van der Waals surface area (Å²) in [4.78, 5) is 4.54. The third kappa shape index (κ3) is 3.20. The third-order valence-corrected chi connectivity index (χ3v) is 4.94. The zero-order chi connectivity index (χ0) is 14.9. The van der Waals surface area contributed by atoms with E-state index in [0.29, 0.717) is 11.5 Å². The molecule has 0 amide bonds. The highest BCUT2D eigenvalue weighted by Crippen LogP contribution is 2.38. The Morgan fingerprint density at radius 3 is 2.43 bits per heavy atom. The van der Waals surface area contributed by atoms with Crippen LogP contribution in [-0.4, -0.2) is 11.0 Å². The van der Waals surface area contributed by atoms with Crippen LogP contribution >= 0.6 is 0 Å². The van der Waals surface area contributed by atoms with Crippen LogP contribution in [0.3, 0.4) is 0 Å². The Morgan fingerprint density at radius 1 is 1.00 bits per heavy atom. The molecule has 0 bridgehead atoms. The molecule has 1 fully saturated rings. The molecule has 1 saturated carbocycles. The first kappa shape index (κ1) is 14.4. The molecule has 1 aliphatic carbocycles. The summed E-state index contributed by atoms with van der Waals surface area (Å²) in [6, 6.07) is 11.1. The summed E-state index contributed by atoms with van der Waals surface area (Å²) in [6.07, 6.45) is 7.08. The quantitative estimate of drug-likeness (QED) is 0.813. The molecule has 21 heavy (non-hydrogen) atoms. The summed E-state index contributed by atoms with van der Waals surface area (Å²) in [6.45, 7) is 7.13. The SMILES string of the molecule is CC(C)(C)C1CCC(Nc2cccc3cccnc23)CC1. The number of hydrogen-bond acceptors (Lipinski definition) is 2. The van der Waals surface area contributed by atoms with Crippen LogP contribution in [0.2, 0.25) is 0 Å². The average Bonchev–Trinajstić information content (AvgIpc) is 2.47. The van der Waals surface area contributed by atoms with Crippen LogP contribution < -0.4 is 5.32 Å². The van der Waals surface area contributed by atoms with Gasteiger partial charge in [0.15, 0.2) is 0 Å². The van der Waals surface area contributed by atoms with Gasteiger partial charge < -0.3 is 5.32 Å². The number of rotatable bonds is 2. The van der Waals surface area contributed by atoms with Crippen molar-refractivity contribution in [3.63, 3.8) is 0 Å². The van der Waals surface area contributed by atoms with Gasteiger partial charge in [-0.15, -0.1) is 0 Å². The Labute approximate surface area is 128 Å². The lowest BCUT2D eigenvalue weighted by Gasteiger charge is -2.37. The van der Waals surface area contributed by atoms with Gasteiger partial charge in [-0.25, -0.2) is 0 Å². The van der Waals surface area contributed by atoms with Crippen LogP contribution in [0, 0.1) is 11.3 Å². The van der Waals surface area contributed by atoms with Crippen molar-refractivity contribution >= 4 is 16.6 Å². The number of fused-ring (bicyclic) bond motifs is 1. The number of pyridine rings is 1. The lowest BCUT2D eigenvalue weighted by Crippen LogP contribution is -2.31. The fourth-order valence-electron chi connectivity index (χ4n) is 3.54. The maximum Gasteiger partial charge on any atom is 0.0933 e. The predicted octanol–water partition coefficient (Wildman–Crippen LogP) is 5.25. The van der Waals surface area contributed by atoms with Crippen molar-refractivity contribution in [2.75, 3.05) is 5.32 Å². The highest BCUT2D eigenvalue weighted by Gasteiger charge is 2.29. The van der Waals surface area contributed by atoms with Crippen molar-refractivity contribution in [2.45, 2.75) is 52.5 Å². The molecule has 1 heterocycles. The van der Waals surface area contributed by atoms with E-state index >= 15 is 0 Å². The summed E-state index contributed by atoms with van der Waals surface area (Å²) < 4.78 is 0. The molecule has 0 saturated heterocycles. The zero-order valence-corrected chi connectivity index (χ0v) is 13.4. The molecule has 0 radical (unpaired) electrons. The van der Waals surface area contributed by atoms with Crippen molar-refractivity contribution in [2.24, 2.45) is 11.3 Å². The Balaban J connectivity index is 1.70. The summed E-state index contributed by atoms with van der Waals surface area (Å²) in [5.41, 5.74) is 2.73. The molecule has 2 nitrogen and oxygen atoms in total. The monoisotopic (exact) mass is 282 g/mol. The van der Waals surface area contributed by atoms with E-state index in [-0.39, 0.29) is 0 Å². The number of nitrogens with zero attached hydrogens (tertiary/aromatic N) is 1. The Kier molecular flexibility index (Phi) is 3.88. The van der Waals surface area contributed by atoms with Crippen LogP contribution in [0.25, 0.3) is 10.9 Å². The van der Waals surface area contributed by atoms with E-state index in [0.717, 1.165) is 11.4 Å². The first-order chi connectivity index (χ1) is 10.0. The van der Waals surface area contributed by atoms with E-state index in [1.165, 1.54) is 36.8 Å². The Bertz CT molecular complexity index is 599. The summed E-state index contributed by atoms with van der Waals surface area (Å²) >= 11 is 0. The minimum Gasteiger partial charge on any atom is -0.381 e. The van der Waals surface area contributed by atoms with E-state index in [1.54, 1.807) is 0 Å². The van der Waals surface area contributed by atoms with Crippen molar-refractivity contribution in [3.05, 3.63) is 36.5 Å². The lowest BCUT2D eigenvalue weighted by atomic mass is 9.71. The first-order valence-corrected chi connectivity index (χ1v) is 8.14. The molecule has 0 spiro atoms. The van der Waals surface area contributed by atoms with Gasteiger partial charge in [0.25, 0.3) is 0 Å². The molecule has 112 valence electrons. The average molecular weight is 282 g/mol. The minimum absolute atomic E-state index is 0.450. The van der Waals surface area contributed by atoms with E-state index in [1.807, 2.05) is 12.3 Å². The minimum atomic E-state index is 0.450. The molecule has 1 aromatic heterocycles.